The van der Waals surface area contributed by atoms with E-state index in [9.17, 15) is 4.79 Å². The molecular formula is C17H18N4O3. The number of benzene rings is 1. The number of hydrogen-bond donors (Lipinski definition) is 1. The van der Waals surface area contributed by atoms with Crippen LogP contribution in [0.25, 0.3) is 0 Å². The third-order valence-corrected chi connectivity index (χ3v) is 4.55. The molecule has 0 saturated carbocycles. The SMILES string of the molecule is COc1ccc([C@H]2C3=C(CCCC3=O)Nc3ncnn32)c(OC)c1. The van der Waals surface area contributed by atoms with Gasteiger partial charge in [0.25, 0.3) is 0 Å². The number of rotatable bonds is 3. The molecule has 1 aliphatic heterocycles. The zero-order valence-electron chi connectivity index (χ0n) is 13.6. The van der Waals surface area contributed by atoms with E-state index in [2.05, 4.69) is 15.4 Å². The maximum atomic E-state index is 12.6. The molecule has 2 aliphatic rings. The van der Waals surface area contributed by atoms with Crippen molar-refractivity contribution in [2.75, 3.05) is 19.5 Å². The van der Waals surface area contributed by atoms with Gasteiger partial charge in [-0.3, -0.25) is 4.79 Å². The number of anilines is 1. The number of nitrogens with one attached hydrogen (secondary N) is 1. The molecule has 0 amide bonds. The second kappa shape index (κ2) is 5.67. The summed E-state index contributed by atoms with van der Waals surface area (Å²) in [6, 6.07) is 5.27. The summed E-state index contributed by atoms with van der Waals surface area (Å²) in [6.45, 7) is 0. The normalized spacial score (nSPS) is 19.4. The Morgan fingerprint density at radius 3 is 2.92 bits per heavy atom. The Balaban J connectivity index is 1.92. The third kappa shape index (κ3) is 2.16. The van der Waals surface area contributed by atoms with Crippen LogP contribution in [0.15, 0.2) is 35.8 Å². The van der Waals surface area contributed by atoms with Crippen molar-refractivity contribution >= 4 is 11.7 Å². The van der Waals surface area contributed by atoms with E-state index in [0.29, 0.717) is 23.9 Å². The van der Waals surface area contributed by atoms with Gasteiger partial charge in [-0.2, -0.15) is 10.1 Å². The molecule has 1 aromatic carbocycles. The first-order valence-electron chi connectivity index (χ1n) is 7.87. The fourth-order valence-electron chi connectivity index (χ4n) is 3.43. The van der Waals surface area contributed by atoms with E-state index >= 15 is 0 Å². The molecule has 7 heteroatoms. The predicted molar refractivity (Wildman–Crippen MR) is 87.2 cm³/mol. The molecule has 7 nitrogen and oxygen atoms in total. The monoisotopic (exact) mass is 326 g/mol. The summed E-state index contributed by atoms with van der Waals surface area (Å²) in [4.78, 5) is 16.9. The lowest BCUT2D eigenvalue weighted by atomic mass is 9.85. The van der Waals surface area contributed by atoms with Crippen molar-refractivity contribution in [3.8, 4) is 11.5 Å². The van der Waals surface area contributed by atoms with Crippen LogP contribution in [0.1, 0.15) is 30.9 Å². The van der Waals surface area contributed by atoms with Crippen LogP contribution in [0, 0.1) is 0 Å². The number of nitrogens with zero attached hydrogens (tertiary/aromatic N) is 3. The number of aromatic nitrogens is 3. The zero-order valence-corrected chi connectivity index (χ0v) is 13.6. The maximum Gasteiger partial charge on any atom is 0.226 e. The average molecular weight is 326 g/mol. The topological polar surface area (TPSA) is 78.3 Å². The van der Waals surface area contributed by atoms with E-state index in [-0.39, 0.29) is 11.8 Å². The average Bonchev–Trinajstić information content (AvgIpc) is 3.07. The van der Waals surface area contributed by atoms with E-state index in [1.54, 1.807) is 18.9 Å². The summed E-state index contributed by atoms with van der Waals surface area (Å²) in [5, 5.41) is 7.58. The van der Waals surface area contributed by atoms with Gasteiger partial charge in [-0.25, -0.2) is 4.68 Å². The summed E-state index contributed by atoms with van der Waals surface area (Å²) >= 11 is 0. The minimum Gasteiger partial charge on any atom is -0.497 e. The highest BCUT2D eigenvalue weighted by Crippen LogP contribution is 2.43. The highest BCUT2D eigenvalue weighted by Gasteiger charge is 2.37. The van der Waals surface area contributed by atoms with Gasteiger partial charge in [0.05, 0.1) is 14.2 Å². The van der Waals surface area contributed by atoms with Gasteiger partial charge in [0.15, 0.2) is 5.78 Å². The summed E-state index contributed by atoms with van der Waals surface area (Å²) in [5.41, 5.74) is 2.56. The molecule has 1 aromatic heterocycles. The van der Waals surface area contributed by atoms with E-state index < -0.39 is 0 Å². The lowest BCUT2D eigenvalue weighted by molar-refractivity contribution is -0.116. The zero-order chi connectivity index (χ0) is 16.7. The van der Waals surface area contributed by atoms with E-state index in [1.165, 1.54) is 6.33 Å². The molecule has 1 atom stereocenters. The minimum atomic E-state index is -0.340. The molecule has 0 saturated heterocycles. The predicted octanol–water partition coefficient (Wildman–Crippen LogP) is 2.32. The first kappa shape index (κ1) is 14.7. The molecule has 4 rings (SSSR count). The Kier molecular flexibility index (Phi) is 3.48. The van der Waals surface area contributed by atoms with Crippen molar-refractivity contribution in [1.82, 2.24) is 14.8 Å². The number of ether oxygens (including phenoxy) is 2. The standard InChI is InChI=1S/C17H18N4O3/c1-23-10-6-7-11(14(8-10)24-2)16-15-12(4-3-5-13(15)22)20-17-18-9-19-21(16)17/h6-9,16H,3-5H2,1-2H3,(H,18,19,20)/t16-/m0/s1. The van der Waals surface area contributed by atoms with Gasteiger partial charge in [-0.15, -0.1) is 0 Å². The van der Waals surface area contributed by atoms with Crippen molar-refractivity contribution in [2.24, 2.45) is 0 Å². The molecule has 0 fully saturated rings. The number of methoxy groups -OCH3 is 2. The molecule has 2 aromatic rings. The maximum absolute atomic E-state index is 12.6. The minimum absolute atomic E-state index is 0.146. The number of carbonyl (C=O) groups excluding carboxylic acids is 1. The van der Waals surface area contributed by atoms with Crippen LogP contribution in [0.5, 0.6) is 11.5 Å². The van der Waals surface area contributed by atoms with Gasteiger partial charge < -0.3 is 14.8 Å². The van der Waals surface area contributed by atoms with Gasteiger partial charge in [-0.05, 0) is 25.0 Å². The lowest BCUT2D eigenvalue weighted by Gasteiger charge is -2.32. The summed E-state index contributed by atoms with van der Waals surface area (Å²) < 4.78 is 12.6. The quantitative estimate of drug-likeness (QED) is 0.932. The van der Waals surface area contributed by atoms with Gasteiger partial charge >= 0.3 is 0 Å². The Bertz CT molecular complexity index is 840. The van der Waals surface area contributed by atoms with E-state index in [4.69, 9.17) is 9.47 Å². The first-order chi connectivity index (χ1) is 11.7. The smallest absolute Gasteiger partial charge is 0.226 e. The highest BCUT2D eigenvalue weighted by molar-refractivity contribution is 5.99. The molecule has 124 valence electrons. The summed E-state index contributed by atoms with van der Waals surface area (Å²) in [6.07, 6.45) is 3.74. The Morgan fingerprint density at radius 2 is 2.12 bits per heavy atom. The summed E-state index contributed by atoms with van der Waals surface area (Å²) in [5.74, 6) is 2.15. The number of carbonyl (C=O) groups is 1. The van der Waals surface area contributed by atoms with Gasteiger partial charge in [0.1, 0.15) is 23.9 Å². The largest absolute Gasteiger partial charge is 0.497 e. The second-order valence-electron chi connectivity index (χ2n) is 5.83. The molecule has 0 radical (unpaired) electrons. The van der Waals surface area contributed by atoms with Gasteiger partial charge in [-0.1, -0.05) is 0 Å². The number of fused-ring (bicyclic) bond motifs is 1. The molecule has 0 unspecified atom stereocenters. The number of Topliss-reactive ketones (excluding diaryl/α,β-unsaturated/α-hetero) is 1. The molecule has 0 bridgehead atoms. The number of ketones is 1. The van der Waals surface area contributed by atoms with Crippen molar-refractivity contribution in [1.29, 1.82) is 0 Å². The number of allylic oxidation sites excluding steroid dienone is 2. The van der Waals surface area contributed by atoms with Crippen molar-refractivity contribution in [2.45, 2.75) is 25.3 Å². The fraction of sp³-hybridized carbons (Fsp3) is 0.353. The second-order valence-corrected chi connectivity index (χ2v) is 5.83. The van der Waals surface area contributed by atoms with Crippen LogP contribution >= 0.6 is 0 Å². The van der Waals surface area contributed by atoms with Crippen LogP contribution in [0.2, 0.25) is 0 Å². The van der Waals surface area contributed by atoms with Crippen LogP contribution in [0.4, 0.5) is 5.95 Å². The van der Waals surface area contributed by atoms with Crippen molar-refractivity contribution < 1.29 is 14.3 Å². The Morgan fingerprint density at radius 1 is 1.25 bits per heavy atom. The molecule has 24 heavy (non-hydrogen) atoms. The number of hydrogen-bond acceptors (Lipinski definition) is 6. The van der Waals surface area contributed by atoms with Crippen LogP contribution < -0.4 is 14.8 Å². The fourth-order valence-corrected chi connectivity index (χ4v) is 3.43. The van der Waals surface area contributed by atoms with Crippen LogP contribution in [-0.4, -0.2) is 34.8 Å². The van der Waals surface area contributed by atoms with Crippen molar-refractivity contribution in [3.63, 3.8) is 0 Å². The molecule has 2 heterocycles. The van der Waals surface area contributed by atoms with Crippen LogP contribution in [0.3, 0.4) is 0 Å². The van der Waals surface area contributed by atoms with Gasteiger partial charge in [0, 0.05) is 29.3 Å². The Labute approximate surface area is 139 Å². The van der Waals surface area contributed by atoms with Crippen LogP contribution in [-0.2, 0) is 4.79 Å². The molecule has 1 aliphatic carbocycles. The highest BCUT2D eigenvalue weighted by atomic mass is 16.5. The molecule has 0 spiro atoms. The van der Waals surface area contributed by atoms with E-state index in [0.717, 1.165) is 29.7 Å². The lowest BCUT2D eigenvalue weighted by Crippen LogP contribution is -2.31. The van der Waals surface area contributed by atoms with Crippen molar-refractivity contribution in [3.05, 3.63) is 41.4 Å². The molecular weight excluding hydrogens is 308 g/mol. The van der Waals surface area contributed by atoms with E-state index in [1.807, 2.05) is 18.2 Å². The summed E-state index contributed by atoms with van der Waals surface area (Å²) in [7, 11) is 3.22. The molecule has 1 N–H and O–H groups in total. The third-order valence-electron chi connectivity index (χ3n) is 4.55. The first-order valence-corrected chi connectivity index (χ1v) is 7.87. The van der Waals surface area contributed by atoms with Gasteiger partial charge in [0.2, 0.25) is 5.95 Å². The Hall–Kier alpha value is -2.83.